The number of fused-ring (bicyclic) bond motifs is 1. The number of hydrogen-bond donors (Lipinski definition) is 1. The summed E-state index contributed by atoms with van der Waals surface area (Å²) in [6.45, 7) is 4.38. The normalized spacial score (nSPS) is 22.0. The number of hydrogen-bond acceptors (Lipinski definition) is 2. The van der Waals surface area contributed by atoms with Crippen molar-refractivity contribution in [2.24, 2.45) is 0 Å². The summed E-state index contributed by atoms with van der Waals surface area (Å²) in [7, 11) is 0. The van der Waals surface area contributed by atoms with E-state index in [-0.39, 0.29) is 5.91 Å². The molecule has 0 aliphatic carbocycles. The maximum Gasteiger partial charge on any atom is 0.272 e. The van der Waals surface area contributed by atoms with Crippen molar-refractivity contribution in [1.82, 2.24) is 14.8 Å². The van der Waals surface area contributed by atoms with E-state index in [0.29, 0.717) is 16.8 Å². The molecule has 2 aliphatic heterocycles. The Hall–Kier alpha value is -1.52. The van der Waals surface area contributed by atoms with E-state index in [2.05, 4.69) is 14.8 Å². The van der Waals surface area contributed by atoms with Gasteiger partial charge in [-0.05, 0) is 57.7 Å². The maximum absolute atomic E-state index is 13.2. The van der Waals surface area contributed by atoms with Crippen LogP contribution in [0.15, 0.2) is 24.3 Å². The van der Waals surface area contributed by atoms with Gasteiger partial charge in [-0.25, -0.2) is 0 Å². The standard InChI is InChI=1S/C20H26ClN3O/c21-18-16-8-1-2-9-17(16)22-19(18)20(25)24-13-4-3-7-15(24)10-14-23-11-5-6-12-23/h1-2,8-9,15,22H,3-7,10-14H2/t15-/m0/s1. The number of aromatic nitrogens is 1. The van der Waals surface area contributed by atoms with Gasteiger partial charge in [0.15, 0.2) is 0 Å². The first kappa shape index (κ1) is 16.9. The van der Waals surface area contributed by atoms with E-state index in [1.165, 1.54) is 32.4 Å². The Morgan fingerprint density at radius 2 is 1.88 bits per heavy atom. The lowest BCUT2D eigenvalue weighted by Crippen LogP contribution is -2.45. The van der Waals surface area contributed by atoms with Gasteiger partial charge in [0.2, 0.25) is 0 Å². The molecule has 0 spiro atoms. The van der Waals surface area contributed by atoms with Gasteiger partial charge < -0.3 is 14.8 Å². The van der Waals surface area contributed by atoms with Gasteiger partial charge in [-0.1, -0.05) is 29.8 Å². The minimum absolute atomic E-state index is 0.0623. The van der Waals surface area contributed by atoms with E-state index >= 15 is 0 Å². The lowest BCUT2D eigenvalue weighted by atomic mass is 9.98. The lowest BCUT2D eigenvalue weighted by Gasteiger charge is -2.36. The van der Waals surface area contributed by atoms with Crippen LogP contribution in [0.5, 0.6) is 0 Å². The number of nitrogens with one attached hydrogen (secondary N) is 1. The zero-order valence-corrected chi connectivity index (χ0v) is 15.4. The zero-order chi connectivity index (χ0) is 17.2. The van der Waals surface area contributed by atoms with Gasteiger partial charge in [0.05, 0.1) is 5.02 Å². The second kappa shape index (κ2) is 7.38. The highest BCUT2D eigenvalue weighted by Gasteiger charge is 2.30. The number of carbonyl (C=O) groups excluding carboxylic acids is 1. The molecule has 1 atom stereocenters. The summed E-state index contributed by atoms with van der Waals surface area (Å²) in [5, 5.41) is 1.49. The first-order valence-electron chi connectivity index (χ1n) is 9.53. The third-order valence-corrected chi connectivity index (χ3v) is 6.11. The smallest absolute Gasteiger partial charge is 0.272 e. The molecule has 0 radical (unpaired) electrons. The highest BCUT2D eigenvalue weighted by molar-refractivity contribution is 6.38. The Kier molecular flexibility index (Phi) is 5.00. The quantitative estimate of drug-likeness (QED) is 0.883. The lowest BCUT2D eigenvalue weighted by molar-refractivity contribution is 0.0583. The van der Waals surface area contributed by atoms with E-state index in [1.54, 1.807) is 0 Å². The molecule has 4 nitrogen and oxygen atoms in total. The molecule has 1 amide bonds. The highest BCUT2D eigenvalue weighted by atomic mass is 35.5. The Morgan fingerprint density at radius 1 is 1.12 bits per heavy atom. The summed E-state index contributed by atoms with van der Waals surface area (Å²) < 4.78 is 0. The minimum atomic E-state index is 0.0623. The fourth-order valence-electron chi connectivity index (χ4n) is 4.30. The molecule has 5 heteroatoms. The van der Waals surface area contributed by atoms with Crippen molar-refractivity contribution in [3.05, 3.63) is 35.0 Å². The van der Waals surface area contributed by atoms with Crippen LogP contribution < -0.4 is 0 Å². The second-order valence-electron chi connectivity index (χ2n) is 7.35. The Balaban J connectivity index is 1.52. The van der Waals surface area contributed by atoms with Gasteiger partial charge >= 0.3 is 0 Å². The molecule has 0 saturated carbocycles. The van der Waals surface area contributed by atoms with Crippen molar-refractivity contribution in [3.8, 4) is 0 Å². The number of H-pyrrole nitrogens is 1. The largest absolute Gasteiger partial charge is 0.349 e. The van der Waals surface area contributed by atoms with Crippen LogP contribution in [0.1, 0.15) is 49.0 Å². The van der Waals surface area contributed by atoms with Crippen LogP contribution >= 0.6 is 11.6 Å². The number of nitrogens with zero attached hydrogens (tertiary/aromatic N) is 2. The number of carbonyl (C=O) groups is 1. The number of aromatic amines is 1. The summed E-state index contributed by atoms with van der Waals surface area (Å²) in [6.07, 6.45) is 7.12. The van der Waals surface area contributed by atoms with Crippen LogP contribution in [0.4, 0.5) is 0 Å². The summed E-state index contributed by atoms with van der Waals surface area (Å²) in [5.74, 6) is 0.0623. The monoisotopic (exact) mass is 359 g/mol. The zero-order valence-electron chi connectivity index (χ0n) is 14.6. The Morgan fingerprint density at radius 3 is 2.68 bits per heavy atom. The molecule has 0 unspecified atom stereocenters. The summed E-state index contributed by atoms with van der Waals surface area (Å²) in [4.78, 5) is 21.0. The number of halogens is 1. The van der Waals surface area contributed by atoms with Gasteiger partial charge in [0.25, 0.3) is 5.91 Å². The summed E-state index contributed by atoms with van der Waals surface area (Å²) >= 11 is 6.51. The fourth-order valence-corrected chi connectivity index (χ4v) is 4.60. The van der Waals surface area contributed by atoms with Crippen LogP contribution in [0.3, 0.4) is 0 Å². The van der Waals surface area contributed by atoms with Gasteiger partial charge in [-0.15, -0.1) is 0 Å². The number of benzene rings is 1. The molecule has 4 rings (SSSR count). The van der Waals surface area contributed by atoms with Gasteiger partial charge in [0, 0.05) is 30.0 Å². The number of likely N-dealkylation sites (tertiary alicyclic amines) is 2. The average molecular weight is 360 g/mol. The van der Waals surface area contributed by atoms with Crippen LogP contribution in [0.2, 0.25) is 5.02 Å². The minimum Gasteiger partial charge on any atom is -0.349 e. The van der Waals surface area contributed by atoms with Crippen molar-refractivity contribution < 1.29 is 4.79 Å². The third kappa shape index (κ3) is 3.42. The Bertz CT molecular complexity index is 750. The average Bonchev–Trinajstić information content (AvgIpc) is 3.28. The van der Waals surface area contributed by atoms with E-state index in [1.807, 2.05) is 24.3 Å². The highest BCUT2D eigenvalue weighted by Crippen LogP contribution is 2.30. The van der Waals surface area contributed by atoms with Crippen LogP contribution in [0.25, 0.3) is 10.9 Å². The molecule has 1 aromatic heterocycles. The summed E-state index contributed by atoms with van der Waals surface area (Å²) in [5.41, 5.74) is 1.48. The van der Waals surface area contributed by atoms with Gasteiger partial charge in [-0.3, -0.25) is 4.79 Å². The first-order valence-corrected chi connectivity index (χ1v) is 9.91. The number of amides is 1. The van der Waals surface area contributed by atoms with E-state index in [4.69, 9.17) is 11.6 Å². The molecule has 2 fully saturated rings. The Labute approximate surface area is 154 Å². The second-order valence-corrected chi connectivity index (χ2v) is 7.72. The third-order valence-electron chi connectivity index (χ3n) is 5.72. The SMILES string of the molecule is O=C(c1[nH]c2ccccc2c1Cl)N1CCCC[C@H]1CCN1CCCC1. The van der Waals surface area contributed by atoms with E-state index in [0.717, 1.165) is 43.3 Å². The first-order chi connectivity index (χ1) is 12.2. The van der Waals surface area contributed by atoms with Crippen LogP contribution in [-0.4, -0.2) is 52.9 Å². The fraction of sp³-hybridized carbons (Fsp3) is 0.550. The van der Waals surface area contributed by atoms with Crippen molar-refractivity contribution in [3.63, 3.8) is 0 Å². The number of rotatable bonds is 4. The maximum atomic E-state index is 13.2. The molecule has 1 aromatic carbocycles. The number of piperidine rings is 1. The van der Waals surface area contributed by atoms with Gasteiger partial charge in [0.1, 0.15) is 5.69 Å². The molecule has 2 aliphatic rings. The summed E-state index contributed by atoms with van der Waals surface area (Å²) in [6, 6.07) is 8.19. The topological polar surface area (TPSA) is 39.3 Å². The van der Waals surface area contributed by atoms with Crippen molar-refractivity contribution in [2.45, 2.75) is 44.6 Å². The number of para-hydroxylation sites is 1. The molecule has 1 N–H and O–H groups in total. The molecule has 2 saturated heterocycles. The van der Waals surface area contributed by atoms with Crippen molar-refractivity contribution in [2.75, 3.05) is 26.2 Å². The van der Waals surface area contributed by atoms with Crippen LogP contribution in [0, 0.1) is 0 Å². The predicted molar refractivity (Wildman–Crippen MR) is 102 cm³/mol. The molecular weight excluding hydrogens is 334 g/mol. The predicted octanol–water partition coefficient (Wildman–Crippen LogP) is 4.30. The van der Waals surface area contributed by atoms with Crippen molar-refractivity contribution >= 4 is 28.4 Å². The molecule has 2 aromatic rings. The van der Waals surface area contributed by atoms with Crippen molar-refractivity contribution in [1.29, 1.82) is 0 Å². The molecule has 25 heavy (non-hydrogen) atoms. The molecule has 0 bridgehead atoms. The molecule has 3 heterocycles. The van der Waals surface area contributed by atoms with E-state index in [9.17, 15) is 4.79 Å². The molecule has 134 valence electrons. The van der Waals surface area contributed by atoms with E-state index < -0.39 is 0 Å². The van der Waals surface area contributed by atoms with Crippen LogP contribution in [-0.2, 0) is 0 Å². The van der Waals surface area contributed by atoms with Gasteiger partial charge in [-0.2, -0.15) is 0 Å². The molecular formula is C20H26ClN3O.